The third kappa shape index (κ3) is 10.8. The third-order valence-electron chi connectivity index (χ3n) is 4.99. The molecule has 0 aromatic heterocycles. The molecule has 2 unspecified atom stereocenters. The second-order valence-electron chi connectivity index (χ2n) is 8.41. The van der Waals surface area contributed by atoms with Crippen LogP contribution in [0, 0.1) is 0 Å². The van der Waals surface area contributed by atoms with Gasteiger partial charge in [0.2, 0.25) is 0 Å². The molecule has 0 bridgehead atoms. The molecule has 0 radical (unpaired) electrons. The highest BCUT2D eigenvalue weighted by Gasteiger charge is 2.22. The molecule has 0 N–H and O–H groups in total. The summed E-state index contributed by atoms with van der Waals surface area (Å²) in [7, 11) is -3.39. The maximum atomic E-state index is 6.10. The molecule has 0 aliphatic carbocycles. The van der Waals surface area contributed by atoms with Gasteiger partial charge in [0.15, 0.2) is 0 Å². The Hall–Kier alpha value is -3.18. The van der Waals surface area contributed by atoms with Gasteiger partial charge in [-0.2, -0.15) is 0 Å². The van der Waals surface area contributed by atoms with E-state index >= 15 is 0 Å². The quantitative estimate of drug-likeness (QED) is 0.126. The topological polar surface area (TPSA) is 64.6 Å². The Kier molecular flexibility index (Phi) is 11.9. The SMILES string of the molecule is CC(COP(Oc1ccccc1)Oc1ccccc1)OC(C)COP(Oc1ccccc1)Oc1ccccc1. The van der Waals surface area contributed by atoms with Gasteiger partial charge in [0, 0.05) is 0 Å². The fourth-order valence-corrected chi connectivity index (χ4v) is 5.34. The lowest BCUT2D eigenvalue weighted by molar-refractivity contribution is -0.0356. The van der Waals surface area contributed by atoms with E-state index in [1.165, 1.54) is 0 Å². The van der Waals surface area contributed by atoms with E-state index in [1.807, 2.05) is 135 Å². The lowest BCUT2D eigenvalue weighted by Crippen LogP contribution is -2.25. The summed E-state index contributed by atoms with van der Waals surface area (Å²) in [5.41, 5.74) is 0. The molecule has 0 saturated carbocycles. The van der Waals surface area contributed by atoms with E-state index in [9.17, 15) is 0 Å². The lowest BCUT2D eigenvalue weighted by atomic mass is 10.3. The molecule has 0 aliphatic rings. The molecule has 0 saturated heterocycles. The Labute approximate surface area is 232 Å². The molecule has 204 valence electrons. The van der Waals surface area contributed by atoms with Crippen molar-refractivity contribution in [3.05, 3.63) is 121 Å². The third-order valence-corrected chi connectivity index (χ3v) is 7.15. The van der Waals surface area contributed by atoms with Gasteiger partial charge in [-0.05, 0) is 62.4 Å². The lowest BCUT2D eigenvalue weighted by Gasteiger charge is -2.23. The fourth-order valence-electron chi connectivity index (χ4n) is 3.22. The Morgan fingerprint density at radius 1 is 0.436 bits per heavy atom. The van der Waals surface area contributed by atoms with Crippen molar-refractivity contribution in [2.24, 2.45) is 0 Å². The van der Waals surface area contributed by atoms with Crippen LogP contribution in [0.15, 0.2) is 121 Å². The molecule has 0 spiro atoms. The van der Waals surface area contributed by atoms with E-state index in [0.29, 0.717) is 23.0 Å². The first-order valence-corrected chi connectivity index (χ1v) is 14.8. The smallest absolute Gasteiger partial charge is 0.418 e. The highest BCUT2D eigenvalue weighted by atomic mass is 31.2. The predicted molar refractivity (Wildman–Crippen MR) is 154 cm³/mol. The summed E-state index contributed by atoms with van der Waals surface area (Å²) in [6, 6.07) is 37.8. The van der Waals surface area contributed by atoms with E-state index in [2.05, 4.69) is 0 Å². The number of rotatable bonds is 16. The first-order chi connectivity index (χ1) is 19.1. The van der Waals surface area contributed by atoms with Crippen molar-refractivity contribution in [2.75, 3.05) is 13.2 Å². The summed E-state index contributed by atoms with van der Waals surface area (Å²) in [5, 5.41) is 0. The van der Waals surface area contributed by atoms with Crippen molar-refractivity contribution >= 4 is 17.2 Å². The van der Waals surface area contributed by atoms with Crippen LogP contribution in [-0.4, -0.2) is 25.4 Å². The minimum absolute atomic E-state index is 0.247. The fraction of sp³-hybridized carbons (Fsp3) is 0.200. The van der Waals surface area contributed by atoms with Crippen molar-refractivity contribution < 1.29 is 31.9 Å². The van der Waals surface area contributed by atoms with Crippen LogP contribution in [0.25, 0.3) is 0 Å². The maximum Gasteiger partial charge on any atom is 0.463 e. The molecule has 39 heavy (non-hydrogen) atoms. The van der Waals surface area contributed by atoms with Crippen LogP contribution in [0.2, 0.25) is 0 Å². The molecule has 4 aromatic carbocycles. The molecule has 0 amide bonds. The highest BCUT2D eigenvalue weighted by Crippen LogP contribution is 2.43. The van der Waals surface area contributed by atoms with Crippen LogP contribution < -0.4 is 18.1 Å². The van der Waals surface area contributed by atoms with E-state index in [0.717, 1.165) is 0 Å². The van der Waals surface area contributed by atoms with Crippen molar-refractivity contribution in [1.29, 1.82) is 0 Å². The second kappa shape index (κ2) is 16.0. The van der Waals surface area contributed by atoms with E-state index in [-0.39, 0.29) is 25.4 Å². The summed E-state index contributed by atoms with van der Waals surface area (Å²) in [5.74, 6) is 2.67. The van der Waals surface area contributed by atoms with Gasteiger partial charge < -0.3 is 22.8 Å². The highest BCUT2D eigenvalue weighted by molar-refractivity contribution is 7.42. The van der Waals surface area contributed by atoms with Crippen molar-refractivity contribution in [2.45, 2.75) is 26.1 Å². The first-order valence-electron chi connectivity index (χ1n) is 12.6. The average molecular weight is 567 g/mol. The summed E-state index contributed by atoms with van der Waals surface area (Å²) < 4.78 is 42.0. The minimum Gasteiger partial charge on any atom is -0.418 e. The number of hydrogen-bond acceptors (Lipinski definition) is 7. The van der Waals surface area contributed by atoms with Gasteiger partial charge in [0.25, 0.3) is 0 Å². The summed E-state index contributed by atoms with van der Waals surface area (Å²) in [4.78, 5) is 0. The van der Waals surface area contributed by atoms with Crippen molar-refractivity contribution in [3.63, 3.8) is 0 Å². The van der Waals surface area contributed by atoms with Gasteiger partial charge >= 0.3 is 17.2 Å². The van der Waals surface area contributed by atoms with Crippen LogP contribution in [0.4, 0.5) is 0 Å². The van der Waals surface area contributed by atoms with Crippen LogP contribution in [0.3, 0.4) is 0 Å². The van der Waals surface area contributed by atoms with Gasteiger partial charge in [-0.15, -0.1) is 0 Å². The van der Waals surface area contributed by atoms with Gasteiger partial charge in [0.05, 0.1) is 25.4 Å². The molecule has 0 fully saturated rings. The summed E-state index contributed by atoms with van der Waals surface area (Å²) in [6.45, 7) is 4.40. The number of ether oxygens (including phenoxy) is 1. The monoisotopic (exact) mass is 566 g/mol. The number of para-hydroxylation sites is 4. The van der Waals surface area contributed by atoms with E-state index in [1.54, 1.807) is 0 Å². The molecule has 0 aliphatic heterocycles. The van der Waals surface area contributed by atoms with Crippen LogP contribution in [0.5, 0.6) is 23.0 Å². The Morgan fingerprint density at radius 3 is 0.949 bits per heavy atom. The molecule has 4 rings (SSSR count). The Balaban J connectivity index is 1.27. The Bertz CT molecular complexity index is 1010. The zero-order chi connectivity index (χ0) is 27.1. The first kappa shape index (κ1) is 28.8. The van der Waals surface area contributed by atoms with Crippen molar-refractivity contribution in [3.8, 4) is 23.0 Å². The normalized spacial score (nSPS) is 12.6. The van der Waals surface area contributed by atoms with Gasteiger partial charge in [0.1, 0.15) is 23.0 Å². The zero-order valence-electron chi connectivity index (χ0n) is 21.9. The van der Waals surface area contributed by atoms with E-state index < -0.39 is 17.2 Å². The molecular formula is C30H32O7P2. The maximum absolute atomic E-state index is 6.10. The number of benzene rings is 4. The molecule has 0 heterocycles. The zero-order valence-corrected chi connectivity index (χ0v) is 23.7. The molecule has 7 nitrogen and oxygen atoms in total. The van der Waals surface area contributed by atoms with Crippen molar-refractivity contribution in [1.82, 2.24) is 0 Å². The van der Waals surface area contributed by atoms with Gasteiger partial charge in [-0.3, -0.25) is 9.05 Å². The molecular weight excluding hydrogens is 534 g/mol. The van der Waals surface area contributed by atoms with Gasteiger partial charge in [-0.1, -0.05) is 72.8 Å². The summed E-state index contributed by atoms with van der Waals surface area (Å²) in [6.07, 6.45) is -0.493. The standard InChI is InChI=1S/C30H32O7P2/c1-25(23-31-38(34-27-15-7-3-8-16-27)35-28-17-9-4-10-18-28)33-26(2)24-32-39(36-29-19-11-5-12-20-29)37-30-21-13-6-14-22-30/h3-22,25-26H,23-24H2,1-2H3. The molecule has 4 aromatic rings. The predicted octanol–water partition coefficient (Wildman–Crippen LogP) is 8.58. The van der Waals surface area contributed by atoms with Crippen LogP contribution in [0.1, 0.15) is 13.8 Å². The van der Waals surface area contributed by atoms with Crippen LogP contribution in [-0.2, 0) is 13.8 Å². The van der Waals surface area contributed by atoms with Crippen LogP contribution >= 0.6 is 17.2 Å². The summed E-state index contributed by atoms with van der Waals surface area (Å²) >= 11 is 0. The largest absolute Gasteiger partial charge is 0.463 e. The average Bonchev–Trinajstić information content (AvgIpc) is 2.97. The second-order valence-corrected chi connectivity index (χ2v) is 10.6. The number of hydrogen-bond donors (Lipinski definition) is 0. The molecule has 9 heteroatoms. The van der Waals surface area contributed by atoms with E-state index in [4.69, 9.17) is 31.9 Å². The minimum atomic E-state index is -1.69. The Morgan fingerprint density at radius 2 is 0.692 bits per heavy atom. The van der Waals surface area contributed by atoms with Gasteiger partial charge in [-0.25, -0.2) is 0 Å². The molecule has 2 atom stereocenters.